The first-order valence-electron chi connectivity index (χ1n) is 14.4. The van der Waals surface area contributed by atoms with Gasteiger partial charge in [-0.3, -0.25) is 14.4 Å². The molecule has 5 rings (SSSR count). The van der Waals surface area contributed by atoms with E-state index in [1.165, 1.54) is 19.3 Å². The molecule has 9 heteroatoms. The fourth-order valence-electron chi connectivity index (χ4n) is 5.62. The van der Waals surface area contributed by atoms with Crippen molar-refractivity contribution >= 4 is 23.4 Å². The molecule has 0 unspecified atom stereocenters. The van der Waals surface area contributed by atoms with Gasteiger partial charge in [0.25, 0.3) is 11.8 Å². The number of rotatable bonds is 9. The number of anilines is 1. The third-order valence-electron chi connectivity index (χ3n) is 8.38. The summed E-state index contributed by atoms with van der Waals surface area (Å²) in [7, 11) is 3.31. The molecule has 0 atom stereocenters. The minimum atomic E-state index is -0.216. The van der Waals surface area contributed by atoms with E-state index in [9.17, 15) is 14.4 Å². The van der Waals surface area contributed by atoms with E-state index in [2.05, 4.69) is 4.90 Å². The molecule has 0 radical (unpaired) electrons. The third kappa shape index (κ3) is 6.47. The summed E-state index contributed by atoms with van der Waals surface area (Å²) < 4.78 is 11.3. The monoisotopic (exact) mass is 548 g/mol. The van der Waals surface area contributed by atoms with Gasteiger partial charge in [-0.05, 0) is 74.2 Å². The summed E-state index contributed by atoms with van der Waals surface area (Å²) in [5, 5.41) is 0. The molecule has 214 valence electrons. The second kappa shape index (κ2) is 12.8. The summed E-state index contributed by atoms with van der Waals surface area (Å²) in [5.41, 5.74) is 1.77. The first kappa shape index (κ1) is 28.1. The van der Waals surface area contributed by atoms with Crippen LogP contribution in [-0.4, -0.2) is 105 Å². The Balaban J connectivity index is 1.11. The molecule has 3 fully saturated rings. The van der Waals surface area contributed by atoms with Crippen molar-refractivity contribution in [3.63, 3.8) is 0 Å². The first-order valence-corrected chi connectivity index (χ1v) is 14.4. The van der Waals surface area contributed by atoms with Crippen molar-refractivity contribution in [1.82, 2.24) is 14.7 Å². The third-order valence-corrected chi connectivity index (χ3v) is 8.38. The summed E-state index contributed by atoms with van der Waals surface area (Å²) in [6.45, 7) is 4.03. The van der Waals surface area contributed by atoms with Gasteiger partial charge in [0.1, 0.15) is 18.4 Å². The van der Waals surface area contributed by atoms with E-state index >= 15 is 0 Å². The van der Waals surface area contributed by atoms with Gasteiger partial charge < -0.3 is 29.1 Å². The van der Waals surface area contributed by atoms with E-state index in [0.717, 1.165) is 43.4 Å². The van der Waals surface area contributed by atoms with Crippen LogP contribution >= 0.6 is 0 Å². The summed E-state index contributed by atoms with van der Waals surface area (Å²) in [4.78, 5) is 46.1. The van der Waals surface area contributed by atoms with Gasteiger partial charge in [0.05, 0.1) is 6.61 Å². The van der Waals surface area contributed by atoms with Crippen LogP contribution in [0.3, 0.4) is 0 Å². The van der Waals surface area contributed by atoms with Gasteiger partial charge in [0.2, 0.25) is 5.91 Å². The number of likely N-dealkylation sites (tertiary alicyclic amines) is 1. The normalized spacial score (nSPS) is 18.9. The van der Waals surface area contributed by atoms with Crippen LogP contribution in [0, 0.1) is 0 Å². The number of methoxy groups -OCH3 is 1. The van der Waals surface area contributed by atoms with Crippen molar-refractivity contribution < 1.29 is 23.9 Å². The Bertz CT molecular complexity index is 1170. The maximum Gasteiger partial charge on any atom is 0.254 e. The van der Waals surface area contributed by atoms with Gasteiger partial charge in [-0.2, -0.15) is 0 Å². The van der Waals surface area contributed by atoms with Crippen LogP contribution in [0.5, 0.6) is 5.75 Å². The van der Waals surface area contributed by atoms with Crippen molar-refractivity contribution in [3.05, 3.63) is 59.7 Å². The minimum absolute atomic E-state index is 0.0110. The second-order valence-electron chi connectivity index (χ2n) is 11.0. The highest BCUT2D eigenvalue weighted by Gasteiger charge is 2.30. The maximum absolute atomic E-state index is 13.1. The highest BCUT2D eigenvalue weighted by molar-refractivity contribution is 6.02. The maximum atomic E-state index is 13.1. The van der Waals surface area contributed by atoms with E-state index in [0.29, 0.717) is 37.4 Å². The van der Waals surface area contributed by atoms with Gasteiger partial charge >= 0.3 is 0 Å². The molecule has 2 heterocycles. The van der Waals surface area contributed by atoms with E-state index in [1.54, 1.807) is 53.1 Å². The van der Waals surface area contributed by atoms with Crippen LogP contribution in [0.2, 0.25) is 0 Å². The van der Waals surface area contributed by atoms with Crippen LogP contribution < -0.4 is 9.64 Å². The van der Waals surface area contributed by atoms with Crippen LogP contribution in [-0.2, 0) is 9.53 Å². The Morgan fingerprint density at radius 3 is 2.17 bits per heavy atom. The lowest BCUT2D eigenvalue weighted by atomic mass is 9.90. The Kier molecular flexibility index (Phi) is 9.01. The molecule has 0 N–H and O–H groups in total. The Labute approximate surface area is 236 Å². The fraction of sp³-hybridized carbons (Fsp3) is 0.516. The fourth-order valence-corrected chi connectivity index (χ4v) is 5.62. The molecule has 3 amide bonds. The number of carbonyl (C=O) groups is 3. The summed E-state index contributed by atoms with van der Waals surface area (Å²) in [6, 6.07) is 15.1. The molecular formula is C31H40N4O5. The van der Waals surface area contributed by atoms with Crippen molar-refractivity contribution in [2.75, 3.05) is 64.9 Å². The highest BCUT2D eigenvalue weighted by Crippen LogP contribution is 2.29. The zero-order valence-electron chi connectivity index (χ0n) is 23.6. The Hall–Kier alpha value is -3.43. The van der Waals surface area contributed by atoms with E-state index in [4.69, 9.17) is 9.47 Å². The smallest absolute Gasteiger partial charge is 0.254 e. The molecule has 0 bridgehead atoms. The molecule has 0 aromatic heterocycles. The molecule has 0 spiro atoms. The predicted octanol–water partition coefficient (Wildman–Crippen LogP) is 3.29. The van der Waals surface area contributed by atoms with Crippen molar-refractivity contribution in [2.45, 2.75) is 44.2 Å². The average molecular weight is 549 g/mol. The molecule has 2 saturated heterocycles. The van der Waals surface area contributed by atoms with Crippen molar-refractivity contribution in [1.29, 1.82) is 0 Å². The quantitative estimate of drug-likeness (QED) is 0.478. The number of benzene rings is 2. The first-order chi connectivity index (χ1) is 19.4. The topological polar surface area (TPSA) is 82.6 Å². The van der Waals surface area contributed by atoms with E-state index < -0.39 is 0 Å². The lowest BCUT2D eigenvalue weighted by Gasteiger charge is -2.41. The number of piperazine rings is 1. The Morgan fingerprint density at radius 2 is 1.57 bits per heavy atom. The second-order valence-corrected chi connectivity index (χ2v) is 11.0. The average Bonchev–Trinajstić information content (AvgIpc) is 2.96. The van der Waals surface area contributed by atoms with E-state index in [-0.39, 0.29) is 30.4 Å². The summed E-state index contributed by atoms with van der Waals surface area (Å²) in [6.07, 6.45) is 6.40. The van der Waals surface area contributed by atoms with Gasteiger partial charge in [-0.1, -0.05) is 6.42 Å². The molecular weight excluding hydrogens is 508 g/mol. The summed E-state index contributed by atoms with van der Waals surface area (Å²) in [5.74, 6) is 0.361. The molecule has 40 heavy (non-hydrogen) atoms. The molecule has 9 nitrogen and oxygen atoms in total. The number of piperidine rings is 1. The highest BCUT2D eigenvalue weighted by atomic mass is 16.5. The van der Waals surface area contributed by atoms with Crippen LogP contribution in [0.25, 0.3) is 0 Å². The molecule has 1 aliphatic carbocycles. The molecule has 2 aliphatic heterocycles. The molecule has 2 aromatic carbocycles. The SMILES string of the molecule is COCCN(C)C(=O)c1ccc(C(=O)N2CCN(c3ccc(OC4CCN(C5CCC5)CC4)cc3)C(=O)C2)cc1. The molecule has 2 aromatic rings. The zero-order chi connectivity index (χ0) is 28.1. The number of nitrogens with zero attached hydrogens (tertiary/aromatic N) is 4. The van der Waals surface area contributed by atoms with E-state index in [1.807, 2.05) is 24.3 Å². The number of amides is 3. The van der Waals surface area contributed by atoms with Crippen LogP contribution in [0.1, 0.15) is 52.8 Å². The van der Waals surface area contributed by atoms with Gasteiger partial charge in [0, 0.05) is 69.7 Å². The van der Waals surface area contributed by atoms with Gasteiger partial charge in [-0.25, -0.2) is 0 Å². The number of likely N-dealkylation sites (N-methyl/N-ethyl adjacent to an activating group) is 1. The molecule has 1 saturated carbocycles. The predicted molar refractivity (Wildman–Crippen MR) is 153 cm³/mol. The number of carbonyl (C=O) groups excluding carboxylic acids is 3. The standard InChI is InChI=1S/C31H40N4O5/c1-32(20-21-39-2)30(37)23-6-8-24(9-7-23)31(38)34-18-19-35(29(36)22-34)26-10-12-27(13-11-26)40-28-14-16-33(17-15-28)25-4-3-5-25/h6-13,25,28H,3-5,14-22H2,1-2H3. The van der Waals surface area contributed by atoms with Crippen molar-refractivity contribution in [2.24, 2.45) is 0 Å². The van der Waals surface area contributed by atoms with Crippen LogP contribution in [0.15, 0.2) is 48.5 Å². The Morgan fingerprint density at radius 1 is 0.900 bits per heavy atom. The number of hydrogen-bond acceptors (Lipinski definition) is 6. The van der Waals surface area contributed by atoms with Gasteiger partial charge in [-0.15, -0.1) is 0 Å². The lowest BCUT2D eigenvalue weighted by Crippen LogP contribution is -2.52. The van der Waals surface area contributed by atoms with Crippen LogP contribution in [0.4, 0.5) is 5.69 Å². The largest absolute Gasteiger partial charge is 0.490 e. The lowest BCUT2D eigenvalue weighted by molar-refractivity contribution is -0.120. The number of hydrogen-bond donors (Lipinski definition) is 0. The zero-order valence-corrected chi connectivity index (χ0v) is 23.6. The number of ether oxygens (including phenoxy) is 2. The van der Waals surface area contributed by atoms with Crippen molar-refractivity contribution in [3.8, 4) is 5.75 Å². The minimum Gasteiger partial charge on any atom is -0.490 e. The molecule has 3 aliphatic rings. The van der Waals surface area contributed by atoms with Gasteiger partial charge in [0.15, 0.2) is 0 Å². The summed E-state index contributed by atoms with van der Waals surface area (Å²) >= 11 is 0.